The van der Waals surface area contributed by atoms with Crippen LogP contribution in [0, 0.1) is 0 Å². The summed E-state index contributed by atoms with van der Waals surface area (Å²) < 4.78 is 0. The molecule has 1 heterocycles. The number of hydrogen-bond acceptors (Lipinski definition) is 2. The lowest BCUT2D eigenvalue weighted by molar-refractivity contribution is -0.0470. The Morgan fingerprint density at radius 1 is 0.688 bits per heavy atom. The Hall–Kier alpha value is -0.0800. The lowest BCUT2D eigenvalue weighted by Gasteiger charge is -2.53. The van der Waals surface area contributed by atoms with E-state index in [1.807, 2.05) is 0 Å². The SMILES string of the molecule is CC1CN(C(C)(C)C)C(C)CN1C(C)(C)C. The molecule has 0 spiro atoms. The monoisotopic (exact) mass is 226 g/mol. The number of rotatable bonds is 0. The molecule has 0 saturated carbocycles. The molecule has 1 rings (SSSR count). The average Bonchev–Trinajstić information content (AvgIpc) is 2.04. The first-order chi connectivity index (χ1) is 7.03. The van der Waals surface area contributed by atoms with Crippen molar-refractivity contribution in [1.29, 1.82) is 0 Å². The minimum absolute atomic E-state index is 0.289. The minimum Gasteiger partial charge on any atom is -0.293 e. The van der Waals surface area contributed by atoms with Crippen molar-refractivity contribution in [1.82, 2.24) is 9.80 Å². The second kappa shape index (κ2) is 4.30. The summed E-state index contributed by atoms with van der Waals surface area (Å²) in [6.45, 7) is 21.0. The first kappa shape index (κ1) is 14.0. The van der Waals surface area contributed by atoms with E-state index < -0.39 is 0 Å². The van der Waals surface area contributed by atoms with Gasteiger partial charge in [-0.05, 0) is 55.4 Å². The summed E-state index contributed by atoms with van der Waals surface area (Å²) >= 11 is 0. The molecule has 2 nitrogen and oxygen atoms in total. The first-order valence-electron chi connectivity index (χ1n) is 6.57. The van der Waals surface area contributed by atoms with Crippen LogP contribution >= 0.6 is 0 Å². The standard InChI is InChI=1S/C14H30N2/c1-11-9-16(14(6,7)8)12(2)10-15(11)13(3,4)5/h11-12H,9-10H2,1-8H3. The van der Waals surface area contributed by atoms with Gasteiger partial charge in [0, 0.05) is 36.3 Å². The van der Waals surface area contributed by atoms with Crippen LogP contribution in [0.2, 0.25) is 0 Å². The Kier molecular flexibility index (Phi) is 3.76. The fourth-order valence-electron chi connectivity index (χ4n) is 3.00. The van der Waals surface area contributed by atoms with E-state index in [0.29, 0.717) is 12.1 Å². The molecule has 2 atom stereocenters. The van der Waals surface area contributed by atoms with Gasteiger partial charge in [0.2, 0.25) is 0 Å². The van der Waals surface area contributed by atoms with Gasteiger partial charge in [0.15, 0.2) is 0 Å². The third-order valence-electron chi connectivity index (χ3n) is 3.71. The van der Waals surface area contributed by atoms with Gasteiger partial charge in [-0.15, -0.1) is 0 Å². The lowest BCUT2D eigenvalue weighted by Crippen LogP contribution is -2.65. The largest absolute Gasteiger partial charge is 0.293 e. The third-order valence-corrected chi connectivity index (χ3v) is 3.71. The molecule has 96 valence electrons. The van der Waals surface area contributed by atoms with Gasteiger partial charge in [-0.2, -0.15) is 0 Å². The number of piperazine rings is 1. The second-order valence-electron chi connectivity index (χ2n) is 7.34. The summed E-state index contributed by atoms with van der Waals surface area (Å²) in [5.41, 5.74) is 0.579. The predicted octanol–water partition coefficient (Wildman–Crippen LogP) is 2.98. The van der Waals surface area contributed by atoms with Crippen LogP contribution in [0.1, 0.15) is 55.4 Å². The van der Waals surface area contributed by atoms with Crippen molar-refractivity contribution in [2.45, 2.75) is 78.6 Å². The summed E-state index contributed by atoms with van der Waals surface area (Å²) in [7, 11) is 0. The molecule has 1 aliphatic rings. The van der Waals surface area contributed by atoms with Crippen LogP contribution < -0.4 is 0 Å². The van der Waals surface area contributed by atoms with Crippen LogP contribution in [0.4, 0.5) is 0 Å². The van der Waals surface area contributed by atoms with E-state index in [9.17, 15) is 0 Å². The normalized spacial score (nSPS) is 30.8. The van der Waals surface area contributed by atoms with Crippen molar-refractivity contribution in [3.05, 3.63) is 0 Å². The lowest BCUT2D eigenvalue weighted by atomic mass is 9.94. The van der Waals surface area contributed by atoms with E-state index in [2.05, 4.69) is 65.2 Å². The molecule has 1 saturated heterocycles. The van der Waals surface area contributed by atoms with Gasteiger partial charge in [0.1, 0.15) is 0 Å². The van der Waals surface area contributed by atoms with Gasteiger partial charge in [-0.25, -0.2) is 0 Å². The molecule has 0 aromatic heterocycles. The summed E-state index contributed by atoms with van der Waals surface area (Å²) in [6, 6.07) is 1.30. The molecular formula is C14H30N2. The van der Waals surface area contributed by atoms with Crippen molar-refractivity contribution in [2.75, 3.05) is 13.1 Å². The summed E-state index contributed by atoms with van der Waals surface area (Å²) in [4.78, 5) is 5.28. The predicted molar refractivity (Wildman–Crippen MR) is 71.8 cm³/mol. The van der Waals surface area contributed by atoms with Crippen LogP contribution in [-0.4, -0.2) is 46.1 Å². The zero-order valence-electron chi connectivity index (χ0n) is 12.5. The summed E-state index contributed by atoms with van der Waals surface area (Å²) in [5.74, 6) is 0. The Labute approximate surface area is 102 Å². The molecule has 0 radical (unpaired) electrons. The van der Waals surface area contributed by atoms with E-state index in [1.54, 1.807) is 0 Å². The van der Waals surface area contributed by atoms with Gasteiger partial charge in [0.25, 0.3) is 0 Å². The topological polar surface area (TPSA) is 6.48 Å². The highest BCUT2D eigenvalue weighted by Crippen LogP contribution is 2.28. The number of hydrogen-bond donors (Lipinski definition) is 0. The molecule has 1 aliphatic heterocycles. The molecule has 0 aliphatic carbocycles. The fourth-order valence-corrected chi connectivity index (χ4v) is 3.00. The molecule has 0 aromatic carbocycles. The van der Waals surface area contributed by atoms with Crippen molar-refractivity contribution in [2.24, 2.45) is 0 Å². The van der Waals surface area contributed by atoms with E-state index in [-0.39, 0.29) is 11.1 Å². The smallest absolute Gasteiger partial charge is 0.0201 e. The Morgan fingerprint density at radius 3 is 1.12 bits per heavy atom. The molecule has 0 amide bonds. The molecule has 2 heteroatoms. The van der Waals surface area contributed by atoms with E-state index >= 15 is 0 Å². The van der Waals surface area contributed by atoms with Gasteiger partial charge in [-0.3, -0.25) is 9.80 Å². The van der Waals surface area contributed by atoms with E-state index in [4.69, 9.17) is 0 Å². The summed E-state index contributed by atoms with van der Waals surface area (Å²) in [5, 5.41) is 0. The highest BCUT2D eigenvalue weighted by Gasteiger charge is 2.38. The molecule has 0 N–H and O–H groups in total. The molecule has 1 fully saturated rings. The Morgan fingerprint density at radius 2 is 0.938 bits per heavy atom. The average molecular weight is 226 g/mol. The molecule has 0 bridgehead atoms. The van der Waals surface area contributed by atoms with Crippen LogP contribution in [0.15, 0.2) is 0 Å². The van der Waals surface area contributed by atoms with Crippen molar-refractivity contribution in [3.8, 4) is 0 Å². The molecule has 2 unspecified atom stereocenters. The highest BCUT2D eigenvalue weighted by molar-refractivity contribution is 4.94. The third kappa shape index (κ3) is 2.98. The quantitative estimate of drug-likeness (QED) is 0.626. The second-order valence-corrected chi connectivity index (χ2v) is 7.34. The Bertz CT molecular complexity index is 208. The Balaban J connectivity index is 2.79. The van der Waals surface area contributed by atoms with E-state index in [0.717, 1.165) is 0 Å². The maximum atomic E-state index is 2.64. The minimum atomic E-state index is 0.289. The van der Waals surface area contributed by atoms with Crippen LogP contribution in [0.3, 0.4) is 0 Å². The zero-order valence-corrected chi connectivity index (χ0v) is 12.5. The van der Waals surface area contributed by atoms with Crippen molar-refractivity contribution in [3.63, 3.8) is 0 Å². The number of nitrogens with zero attached hydrogens (tertiary/aromatic N) is 2. The zero-order chi connectivity index (χ0) is 12.7. The fraction of sp³-hybridized carbons (Fsp3) is 1.00. The van der Waals surface area contributed by atoms with Gasteiger partial charge >= 0.3 is 0 Å². The first-order valence-corrected chi connectivity index (χ1v) is 6.57. The van der Waals surface area contributed by atoms with Crippen molar-refractivity contribution < 1.29 is 0 Å². The van der Waals surface area contributed by atoms with Crippen LogP contribution in [0.5, 0.6) is 0 Å². The maximum Gasteiger partial charge on any atom is 0.0201 e. The van der Waals surface area contributed by atoms with E-state index in [1.165, 1.54) is 13.1 Å². The molecular weight excluding hydrogens is 196 g/mol. The van der Waals surface area contributed by atoms with Crippen LogP contribution in [-0.2, 0) is 0 Å². The van der Waals surface area contributed by atoms with Crippen molar-refractivity contribution >= 4 is 0 Å². The highest BCUT2D eigenvalue weighted by atomic mass is 15.3. The molecule has 16 heavy (non-hydrogen) atoms. The molecule has 0 aromatic rings. The van der Waals surface area contributed by atoms with Crippen LogP contribution in [0.25, 0.3) is 0 Å². The maximum absolute atomic E-state index is 2.64. The van der Waals surface area contributed by atoms with Gasteiger partial charge < -0.3 is 0 Å². The van der Waals surface area contributed by atoms with Gasteiger partial charge in [0.05, 0.1) is 0 Å². The summed E-state index contributed by atoms with van der Waals surface area (Å²) in [6.07, 6.45) is 0. The van der Waals surface area contributed by atoms with Gasteiger partial charge in [-0.1, -0.05) is 0 Å².